The van der Waals surface area contributed by atoms with Gasteiger partial charge in [-0.05, 0) is 54.1 Å². The van der Waals surface area contributed by atoms with Crippen LogP contribution >= 0.6 is 0 Å². The molecule has 0 unspecified atom stereocenters. The SMILES string of the molecule is CC(=O)c1ccc2cc(N(C)CC(=O)Nc3ccc(N(CC(=O)NCCO)CC(=O)NCCO)c(N(CC(=O)NCCO)CC(=O)NCCO)c3)ccc2c1. The monoisotopic (exact) mass is 766 g/mol. The van der Waals surface area contributed by atoms with Crippen LogP contribution in [0.3, 0.4) is 0 Å². The number of likely N-dealkylation sites (N-methyl/N-ethyl adjacent to an activating group) is 1. The predicted molar refractivity (Wildman–Crippen MR) is 207 cm³/mol. The fourth-order valence-electron chi connectivity index (χ4n) is 5.47. The molecular formula is C37H50N8O10. The fraction of sp³-hybridized carbons (Fsp3) is 0.405. The average Bonchev–Trinajstić information content (AvgIpc) is 3.16. The molecule has 3 aromatic rings. The van der Waals surface area contributed by atoms with Gasteiger partial charge in [0.05, 0.1) is 70.5 Å². The van der Waals surface area contributed by atoms with Crippen molar-refractivity contribution in [1.29, 1.82) is 0 Å². The minimum Gasteiger partial charge on any atom is -0.395 e. The number of amides is 5. The second kappa shape index (κ2) is 22.4. The van der Waals surface area contributed by atoms with E-state index in [1.165, 1.54) is 34.9 Å². The summed E-state index contributed by atoms with van der Waals surface area (Å²) in [6.45, 7) is -1.88. The maximum absolute atomic E-state index is 13.4. The number of hydrogen-bond acceptors (Lipinski definition) is 13. The topological polar surface area (TPSA) is 253 Å². The zero-order valence-corrected chi connectivity index (χ0v) is 31.0. The highest BCUT2D eigenvalue weighted by Crippen LogP contribution is 2.33. The number of benzene rings is 3. The second-order valence-corrected chi connectivity index (χ2v) is 12.4. The Hall–Kier alpha value is -5.82. The smallest absolute Gasteiger partial charge is 0.243 e. The molecule has 298 valence electrons. The van der Waals surface area contributed by atoms with Crippen molar-refractivity contribution < 1.29 is 49.2 Å². The van der Waals surface area contributed by atoms with E-state index in [9.17, 15) is 49.2 Å². The van der Waals surface area contributed by atoms with Crippen LogP contribution in [0.4, 0.5) is 22.7 Å². The molecule has 9 N–H and O–H groups in total. The second-order valence-electron chi connectivity index (χ2n) is 12.4. The Balaban J connectivity index is 2.02. The van der Waals surface area contributed by atoms with Crippen LogP contribution in [0, 0.1) is 0 Å². The van der Waals surface area contributed by atoms with Gasteiger partial charge in [0, 0.05) is 50.2 Å². The van der Waals surface area contributed by atoms with Gasteiger partial charge in [-0.3, -0.25) is 28.8 Å². The highest BCUT2D eigenvalue weighted by Gasteiger charge is 2.25. The van der Waals surface area contributed by atoms with Gasteiger partial charge in [-0.25, -0.2) is 0 Å². The van der Waals surface area contributed by atoms with Crippen molar-refractivity contribution >= 4 is 68.8 Å². The van der Waals surface area contributed by atoms with Crippen molar-refractivity contribution in [3.63, 3.8) is 0 Å². The molecule has 3 rings (SSSR count). The first-order valence-corrected chi connectivity index (χ1v) is 17.6. The van der Waals surface area contributed by atoms with E-state index < -0.39 is 55.7 Å². The van der Waals surface area contributed by atoms with Crippen molar-refractivity contribution in [2.45, 2.75) is 6.92 Å². The average molecular weight is 767 g/mol. The van der Waals surface area contributed by atoms with Crippen molar-refractivity contribution in [2.75, 3.05) is 112 Å². The molecule has 0 heterocycles. The Bertz CT molecular complexity index is 1760. The molecule has 0 bridgehead atoms. The predicted octanol–water partition coefficient (Wildman–Crippen LogP) is -1.84. The normalized spacial score (nSPS) is 10.7. The van der Waals surface area contributed by atoms with E-state index in [0.29, 0.717) is 5.56 Å². The molecule has 0 saturated carbocycles. The maximum atomic E-state index is 13.4. The lowest BCUT2D eigenvalue weighted by Gasteiger charge is -2.32. The van der Waals surface area contributed by atoms with Crippen molar-refractivity contribution in [3.8, 4) is 0 Å². The van der Waals surface area contributed by atoms with Gasteiger partial charge in [-0.2, -0.15) is 0 Å². The number of anilines is 4. The Kier molecular flexibility index (Phi) is 17.8. The van der Waals surface area contributed by atoms with Crippen LogP contribution in [0.5, 0.6) is 0 Å². The van der Waals surface area contributed by atoms with Gasteiger partial charge in [0.2, 0.25) is 29.5 Å². The third-order valence-electron chi connectivity index (χ3n) is 8.07. The number of nitrogens with one attached hydrogen (secondary N) is 5. The van der Waals surface area contributed by atoms with Crippen LogP contribution in [0.25, 0.3) is 10.8 Å². The largest absolute Gasteiger partial charge is 0.395 e. The molecule has 5 amide bonds. The number of rotatable bonds is 23. The Labute approximate surface area is 318 Å². The number of fused-ring (bicyclic) bond motifs is 1. The van der Waals surface area contributed by atoms with Crippen LogP contribution in [-0.2, 0) is 24.0 Å². The zero-order valence-electron chi connectivity index (χ0n) is 31.0. The van der Waals surface area contributed by atoms with Crippen molar-refractivity contribution in [2.24, 2.45) is 0 Å². The van der Waals surface area contributed by atoms with Gasteiger partial charge < -0.3 is 61.7 Å². The molecule has 0 aliphatic rings. The fourth-order valence-corrected chi connectivity index (χ4v) is 5.47. The number of aliphatic hydroxyl groups excluding tert-OH is 4. The molecule has 0 aromatic heterocycles. The molecule has 3 aromatic carbocycles. The molecule has 0 radical (unpaired) electrons. The highest BCUT2D eigenvalue weighted by molar-refractivity contribution is 6.00. The van der Waals surface area contributed by atoms with E-state index in [-0.39, 0.29) is 82.0 Å². The number of aliphatic hydroxyl groups is 4. The summed E-state index contributed by atoms with van der Waals surface area (Å²) < 4.78 is 0. The van der Waals surface area contributed by atoms with Crippen LogP contribution in [0.2, 0.25) is 0 Å². The van der Waals surface area contributed by atoms with E-state index in [0.717, 1.165) is 16.5 Å². The van der Waals surface area contributed by atoms with E-state index in [1.807, 2.05) is 24.3 Å². The molecule has 0 atom stereocenters. The van der Waals surface area contributed by atoms with Crippen LogP contribution in [-0.4, -0.2) is 148 Å². The number of hydrogen-bond donors (Lipinski definition) is 9. The van der Waals surface area contributed by atoms with Crippen molar-refractivity contribution in [1.82, 2.24) is 21.3 Å². The van der Waals surface area contributed by atoms with Crippen LogP contribution in [0.15, 0.2) is 54.6 Å². The molecule has 0 saturated heterocycles. The standard InChI is InChI=1S/C37H50N8O10/c1-25(50)26-3-4-28-18-30(7-5-27(28)17-26)43(2)20-37(55)42-29-6-8-31(44(21-33(51)38-9-13-46)22-34(52)39-10-14-47)32(19-29)45(23-35(53)40-11-15-48)24-36(54)41-12-16-49/h3-8,17-19,46-49H,9-16,20-24H2,1-2H3,(H,38,51)(H,39,52)(H,40,53)(H,41,54)(H,42,55). The third-order valence-corrected chi connectivity index (χ3v) is 8.07. The van der Waals surface area contributed by atoms with Crippen LogP contribution < -0.4 is 41.3 Å². The molecule has 0 aliphatic carbocycles. The Morgan fingerprint density at radius 3 is 1.45 bits per heavy atom. The van der Waals surface area contributed by atoms with Gasteiger partial charge in [0.25, 0.3) is 0 Å². The lowest BCUT2D eigenvalue weighted by molar-refractivity contribution is -0.122. The minimum absolute atomic E-state index is 0.0474. The summed E-state index contributed by atoms with van der Waals surface area (Å²) in [7, 11) is 1.73. The first kappa shape index (κ1) is 43.6. The Morgan fingerprint density at radius 1 is 0.527 bits per heavy atom. The van der Waals surface area contributed by atoms with Gasteiger partial charge in [0.1, 0.15) is 0 Å². The molecule has 0 spiro atoms. The summed E-state index contributed by atoms with van der Waals surface area (Å²) in [5.74, 6) is -2.75. The quantitative estimate of drug-likeness (QED) is 0.0482. The number of nitrogens with zero attached hydrogens (tertiary/aromatic N) is 3. The summed E-state index contributed by atoms with van der Waals surface area (Å²) in [4.78, 5) is 81.5. The summed E-state index contributed by atoms with van der Waals surface area (Å²) in [6, 6.07) is 15.5. The van der Waals surface area contributed by atoms with Gasteiger partial charge in [-0.1, -0.05) is 18.2 Å². The van der Waals surface area contributed by atoms with Crippen molar-refractivity contribution in [3.05, 3.63) is 60.2 Å². The molecule has 18 heteroatoms. The van der Waals surface area contributed by atoms with E-state index in [2.05, 4.69) is 26.6 Å². The lowest BCUT2D eigenvalue weighted by Crippen LogP contribution is -2.46. The molecule has 0 aliphatic heterocycles. The maximum Gasteiger partial charge on any atom is 0.243 e. The molecular weight excluding hydrogens is 716 g/mol. The van der Waals surface area contributed by atoms with Gasteiger partial charge in [0.15, 0.2) is 5.78 Å². The lowest BCUT2D eigenvalue weighted by atomic mass is 10.0. The number of ketones is 1. The van der Waals surface area contributed by atoms with Crippen LogP contribution in [0.1, 0.15) is 17.3 Å². The van der Waals surface area contributed by atoms with Gasteiger partial charge >= 0.3 is 0 Å². The summed E-state index contributed by atoms with van der Waals surface area (Å²) >= 11 is 0. The third kappa shape index (κ3) is 14.2. The Morgan fingerprint density at radius 2 is 0.982 bits per heavy atom. The minimum atomic E-state index is -0.577. The summed E-state index contributed by atoms with van der Waals surface area (Å²) in [6.07, 6.45) is 0. The summed E-state index contributed by atoms with van der Waals surface area (Å²) in [5, 5.41) is 51.7. The first-order chi connectivity index (χ1) is 26.4. The number of carbonyl (C=O) groups excluding carboxylic acids is 6. The molecule has 0 fully saturated rings. The number of carbonyl (C=O) groups is 6. The molecule has 55 heavy (non-hydrogen) atoms. The van der Waals surface area contributed by atoms with E-state index in [4.69, 9.17) is 0 Å². The van der Waals surface area contributed by atoms with Gasteiger partial charge in [-0.15, -0.1) is 0 Å². The first-order valence-electron chi connectivity index (χ1n) is 17.6. The highest BCUT2D eigenvalue weighted by atomic mass is 16.3. The van der Waals surface area contributed by atoms with E-state index in [1.54, 1.807) is 24.1 Å². The molecule has 18 nitrogen and oxygen atoms in total. The zero-order chi connectivity index (χ0) is 40.3. The van der Waals surface area contributed by atoms with E-state index >= 15 is 0 Å². The number of Topliss-reactive ketones (excluding diaryl/α,β-unsaturated/α-hetero) is 1. The summed E-state index contributed by atoms with van der Waals surface area (Å²) in [5.41, 5.74) is 1.94.